The maximum atomic E-state index is 13.0. The molecule has 0 atom stereocenters. The van der Waals surface area contributed by atoms with Crippen molar-refractivity contribution in [3.05, 3.63) is 59.4 Å². The van der Waals surface area contributed by atoms with E-state index in [0.29, 0.717) is 16.4 Å². The molecule has 9 heteroatoms. The van der Waals surface area contributed by atoms with Gasteiger partial charge in [-0.3, -0.25) is 10.1 Å². The third kappa shape index (κ3) is 4.37. The number of benzene rings is 1. The average molecular weight is 381 g/mol. The van der Waals surface area contributed by atoms with E-state index in [1.807, 2.05) is 0 Å². The maximum absolute atomic E-state index is 13.0. The third-order valence-electron chi connectivity index (χ3n) is 3.08. The molecule has 0 fully saturated rings. The molecule has 2 heterocycles. The smallest absolute Gasteiger partial charge is 0.290 e. The van der Waals surface area contributed by atoms with Crippen LogP contribution < -0.4 is 5.32 Å². The van der Waals surface area contributed by atoms with Gasteiger partial charge >= 0.3 is 0 Å². The topological polar surface area (TPSA) is 54.9 Å². The zero-order valence-electron chi connectivity index (χ0n) is 12.4. The second kappa shape index (κ2) is 7.66. The normalized spacial score (nSPS) is 10.9. The molecule has 0 aliphatic heterocycles. The number of nitrogens with zero attached hydrogens (tertiary/aromatic N) is 2. The molecular weight excluding hydrogens is 371 g/mol. The van der Waals surface area contributed by atoms with Crippen molar-refractivity contribution in [3.63, 3.8) is 0 Å². The van der Waals surface area contributed by atoms with Gasteiger partial charge in [-0.15, -0.1) is 11.3 Å². The predicted octanol–water partition coefficient (Wildman–Crippen LogP) is 4.91. The van der Waals surface area contributed by atoms with Crippen molar-refractivity contribution in [2.45, 2.75) is 10.8 Å². The monoisotopic (exact) mass is 381 g/mol. The molecule has 25 heavy (non-hydrogen) atoms. The molecule has 3 rings (SSSR count). The van der Waals surface area contributed by atoms with Gasteiger partial charge in [-0.2, -0.15) is 8.78 Å². The summed E-state index contributed by atoms with van der Waals surface area (Å²) in [6.07, 6.45) is 1.34. The Hall–Kier alpha value is -2.39. The molecule has 4 nitrogen and oxygen atoms in total. The van der Waals surface area contributed by atoms with E-state index in [9.17, 15) is 18.0 Å². The van der Waals surface area contributed by atoms with Crippen molar-refractivity contribution in [1.82, 2.24) is 9.97 Å². The number of halogens is 3. The van der Waals surface area contributed by atoms with Gasteiger partial charge in [-0.25, -0.2) is 14.4 Å². The molecule has 0 saturated heterocycles. The highest BCUT2D eigenvalue weighted by Crippen LogP contribution is 2.28. The summed E-state index contributed by atoms with van der Waals surface area (Å²) in [4.78, 5) is 20.4. The number of hydrogen-bond acceptors (Lipinski definition) is 5. The highest BCUT2D eigenvalue weighted by Gasteiger charge is 2.18. The van der Waals surface area contributed by atoms with Gasteiger partial charge in [0.15, 0.2) is 5.13 Å². The maximum Gasteiger partial charge on any atom is 0.290 e. The molecular formula is C16H10F3N3OS2. The summed E-state index contributed by atoms with van der Waals surface area (Å²) in [7, 11) is 0. The number of thiazole rings is 1. The van der Waals surface area contributed by atoms with Crippen LogP contribution >= 0.6 is 23.1 Å². The molecule has 2 aromatic heterocycles. The molecule has 0 unspecified atom stereocenters. The molecule has 1 amide bonds. The van der Waals surface area contributed by atoms with E-state index in [0.717, 1.165) is 0 Å². The molecule has 3 aromatic rings. The van der Waals surface area contributed by atoms with E-state index < -0.39 is 11.7 Å². The number of carbonyl (C=O) groups is 1. The van der Waals surface area contributed by atoms with Gasteiger partial charge in [0, 0.05) is 17.1 Å². The van der Waals surface area contributed by atoms with Gasteiger partial charge in [0.25, 0.3) is 11.7 Å². The van der Waals surface area contributed by atoms with Crippen molar-refractivity contribution in [2.24, 2.45) is 0 Å². The number of anilines is 1. The molecule has 0 spiro atoms. The van der Waals surface area contributed by atoms with Crippen LogP contribution in [0.25, 0.3) is 11.3 Å². The van der Waals surface area contributed by atoms with Crippen molar-refractivity contribution in [3.8, 4) is 11.3 Å². The van der Waals surface area contributed by atoms with Crippen LogP contribution in [0, 0.1) is 5.82 Å². The van der Waals surface area contributed by atoms with Crippen LogP contribution in [0.5, 0.6) is 0 Å². The minimum absolute atomic E-state index is 0.0475. The lowest BCUT2D eigenvalue weighted by Crippen LogP contribution is -2.13. The summed E-state index contributed by atoms with van der Waals surface area (Å²) in [6, 6.07) is 8.70. The van der Waals surface area contributed by atoms with Gasteiger partial charge in [0.05, 0.1) is 11.3 Å². The first kappa shape index (κ1) is 17.4. The number of hydrogen-bond donors (Lipinski definition) is 1. The highest BCUT2D eigenvalue weighted by atomic mass is 32.2. The number of nitrogens with one attached hydrogen (secondary N) is 1. The second-order valence-electron chi connectivity index (χ2n) is 4.73. The Morgan fingerprint density at radius 3 is 2.68 bits per heavy atom. The van der Waals surface area contributed by atoms with Gasteiger partial charge in [-0.05, 0) is 48.2 Å². The van der Waals surface area contributed by atoms with Gasteiger partial charge in [0.1, 0.15) is 10.8 Å². The quantitative estimate of drug-likeness (QED) is 0.638. The second-order valence-corrected chi connectivity index (χ2v) is 6.57. The number of pyridine rings is 1. The number of carbonyl (C=O) groups excluding carboxylic acids is 1. The van der Waals surface area contributed by atoms with Crippen LogP contribution in [-0.2, 0) is 0 Å². The minimum atomic E-state index is -2.67. The Bertz CT molecular complexity index is 884. The molecule has 128 valence electrons. The lowest BCUT2D eigenvalue weighted by atomic mass is 10.2. The van der Waals surface area contributed by atoms with Gasteiger partial charge in [-0.1, -0.05) is 0 Å². The van der Waals surface area contributed by atoms with E-state index in [-0.39, 0.29) is 28.2 Å². The van der Waals surface area contributed by atoms with Crippen LogP contribution in [0.2, 0.25) is 0 Å². The lowest BCUT2D eigenvalue weighted by Gasteiger charge is -2.06. The molecule has 1 N–H and O–H groups in total. The van der Waals surface area contributed by atoms with E-state index in [1.54, 1.807) is 17.5 Å². The van der Waals surface area contributed by atoms with Crippen LogP contribution in [-0.4, -0.2) is 21.6 Å². The standard InChI is InChI=1S/C16H10F3N3OS2/c17-10-5-3-9(4-6-10)12-8-24-16(21-12)22-13(23)11-2-1-7-20-14(11)25-15(18)19/h1-8,15H,(H,21,22,23). The molecule has 0 aliphatic rings. The Labute approximate surface area is 149 Å². The summed E-state index contributed by atoms with van der Waals surface area (Å²) in [6.45, 7) is 0. The van der Waals surface area contributed by atoms with Crippen molar-refractivity contribution in [1.29, 1.82) is 0 Å². The Morgan fingerprint density at radius 1 is 1.20 bits per heavy atom. The summed E-state index contributed by atoms with van der Waals surface area (Å²) in [5.74, 6) is -3.60. The van der Waals surface area contributed by atoms with Gasteiger partial charge < -0.3 is 0 Å². The number of aromatic nitrogens is 2. The summed E-state index contributed by atoms with van der Waals surface area (Å²) in [5, 5.41) is 4.53. The van der Waals surface area contributed by atoms with Crippen molar-refractivity contribution < 1.29 is 18.0 Å². The van der Waals surface area contributed by atoms with E-state index in [2.05, 4.69) is 15.3 Å². The lowest BCUT2D eigenvalue weighted by molar-refractivity contribution is 0.102. The van der Waals surface area contributed by atoms with Crippen molar-refractivity contribution in [2.75, 3.05) is 5.32 Å². The SMILES string of the molecule is O=C(Nc1nc(-c2ccc(F)cc2)cs1)c1cccnc1SC(F)F. The zero-order valence-corrected chi connectivity index (χ0v) is 14.1. The van der Waals surface area contributed by atoms with Crippen molar-refractivity contribution >= 4 is 34.1 Å². The van der Waals surface area contributed by atoms with E-state index >= 15 is 0 Å². The van der Waals surface area contributed by atoms with E-state index in [1.165, 1.54) is 41.8 Å². The van der Waals surface area contributed by atoms with Crippen LogP contribution in [0.3, 0.4) is 0 Å². The first-order chi connectivity index (χ1) is 12.0. The minimum Gasteiger partial charge on any atom is -0.298 e. The first-order valence-electron chi connectivity index (χ1n) is 6.95. The van der Waals surface area contributed by atoms with Crippen LogP contribution in [0.4, 0.5) is 18.3 Å². The summed E-state index contributed by atoms with van der Waals surface area (Å²) in [5.41, 5.74) is 1.33. The first-order valence-corrected chi connectivity index (χ1v) is 8.71. The van der Waals surface area contributed by atoms with E-state index in [4.69, 9.17) is 0 Å². The molecule has 0 saturated carbocycles. The fourth-order valence-electron chi connectivity index (χ4n) is 1.99. The third-order valence-corrected chi connectivity index (χ3v) is 4.57. The fourth-order valence-corrected chi connectivity index (χ4v) is 3.28. The Kier molecular flexibility index (Phi) is 5.34. The zero-order chi connectivity index (χ0) is 17.8. The Balaban J connectivity index is 1.77. The number of rotatable bonds is 5. The van der Waals surface area contributed by atoms with Crippen LogP contribution in [0.1, 0.15) is 10.4 Å². The van der Waals surface area contributed by atoms with Crippen LogP contribution in [0.15, 0.2) is 53.0 Å². The summed E-state index contributed by atoms with van der Waals surface area (Å²) >= 11 is 1.39. The number of thioether (sulfide) groups is 1. The largest absolute Gasteiger partial charge is 0.298 e. The molecule has 0 aliphatic carbocycles. The predicted molar refractivity (Wildman–Crippen MR) is 91.6 cm³/mol. The number of amides is 1. The van der Waals surface area contributed by atoms with Gasteiger partial charge in [0.2, 0.25) is 0 Å². The highest BCUT2D eigenvalue weighted by molar-refractivity contribution is 7.99. The molecule has 1 aromatic carbocycles. The Morgan fingerprint density at radius 2 is 1.96 bits per heavy atom. The number of alkyl halides is 2. The fraction of sp³-hybridized carbons (Fsp3) is 0.0625. The average Bonchev–Trinajstić information content (AvgIpc) is 3.04. The molecule has 0 bridgehead atoms. The molecule has 0 radical (unpaired) electrons. The summed E-state index contributed by atoms with van der Waals surface area (Å²) < 4.78 is 38.1.